The molecule has 0 saturated carbocycles. The maximum absolute atomic E-state index is 10.8. The monoisotopic (exact) mass is 256 g/mol. The molecule has 17 heavy (non-hydrogen) atoms. The number of nitrogens with zero attached hydrogens (tertiary/aromatic N) is 1. The summed E-state index contributed by atoms with van der Waals surface area (Å²) >= 11 is 5.96. The van der Waals surface area contributed by atoms with E-state index in [1.165, 1.54) is 6.07 Å². The molecule has 1 N–H and O–H groups in total. The molecule has 1 aromatic rings. The first-order valence-electron chi connectivity index (χ1n) is 5.48. The molecule has 5 heteroatoms. The van der Waals surface area contributed by atoms with E-state index in [1.807, 2.05) is 0 Å². The predicted octanol–water partition coefficient (Wildman–Crippen LogP) is 4.10. The fraction of sp³-hybridized carbons (Fsp3) is 0.500. The van der Waals surface area contributed by atoms with Gasteiger partial charge in [0.15, 0.2) is 0 Å². The van der Waals surface area contributed by atoms with Gasteiger partial charge < -0.3 is 5.32 Å². The summed E-state index contributed by atoms with van der Waals surface area (Å²) in [6.45, 7) is 7.02. The Morgan fingerprint density at radius 3 is 2.59 bits per heavy atom. The van der Waals surface area contributed by atoms with Crippen molar-refractivity contribution in [3.8, 4) is 0 Å². The molecule has 0 atom stereocenters. The van der Waals surface area contributed by atoms with E-state index in [1.54, 1.807) is 12.1 Å². The van der Waals surface area contributed by atoms with Gasteiger partial charge in [-0.25, -0.2) is 0 Å². The normalized spacial score (nSPS) is 11.3. The minimum Gasteiger partial charge on any atom is -0.378 e. The number of halogens is 1. The number of hydrogen-bond donors (Lipinski definition) is 1. The second-order valence-electron chi connectivity index (χ2n) is 5.13. The van der Waals surface area contributed by atoms with E-state index in [4.69, 9.17) is 11.6 Å². The SMILES string of the molecule is CC(C)(C)CCNc1c(Cl)cccc1[N+](=O)[O-]. The van der Waals surface area contributed by atoms with E-state index in [2.05, 4.69) is 26.1 Å². The molecule has 0 fully saturated rings. The largest absolute Gasteiger partial charge is 0.378 e. The molecule has 0 unspecified atom stereocenters. The number of rotatable bonds is 4. The average Bonchev–Trinajstić information content (AvgIpc) is 2.18. The number of anilines is 1. The van der Waals surface area contributed by atoms with Crippen molar-refractivity contribution in [2.75, 3.05) is 11.9 Å². The first-order valence-corrected chi connectivity index (χ1v) is 5.86. The molecule has 0 radical (unpaired) electrons. The number of nitro benzene ring substituents is 1. The number of benzene rings is 1. The van der Waals surface area contributed by atoms with Crippen molar-refractivity contribution < 1.29 is 4.92 Å². The lowest BCUT2D eigenvalue weighted by atomic mass is 9.92. The third-order valence-electron chi connectivity index (χ3n) is 2.37. The van der Waals surface area contributed by atoms with Crippen molar-refractivity contribution in [3.05, 3.63) is 33.3 Å². The van der Waals surface area contributed by atoms with Crippen molar-refractivity contribution in [1.29, 1.82) is 0 Å². The zero-order valence-electron chi connectivity index (χ0n) is 10.3. The number of nitrogens with one attached hydrogen (secondary N) is 1. The first-order chi connectivity index (χ1) is 7.81. The highest BCUT2D eigenvalue weighted by Gasteiger charge is 2.17. The maximum atomic E-state index is 10.8. The van der Waals surface area contributed by atoms with E-state index < -0.39 is 4.92 Å². The molecular weight excluding hydrogens is 240 g/mol. The smallest absolute Gasteiger partial charge is 0.293 e. The average molecular weight is 257 g/mol. The van der Waals surface area contributed by atoms with E-state index in [0.29, 0.717) is 17.3 Å². The molecule has 1 rings (SSSR count). The highest BCUT2D eigenvalue weighted by atomic mass is 35.5. The zero-order chi connectivity index (χ0) is 13.1. The zero-order valence-corrected chi connectivity index (χ0v) is 11.0. The Morgan fingerprint density at radius 2 is 2.06 bits per heavy atom. The van der Waals surface area contributed by atoms with Crippen molar-refractivity contribution >= 4 is 23.0 Å². The van der Waals surface area contributed by atoms with Crippen LogP contribution < -0.4 is 5.32 Å². The van der Waals surface area contributed by atoms with Crippen LogP contribution in [0.25, 0.3) is 0 Å². The topological polar surface area (TPSA) is 55.2 Å². The molecule has 94 valence electrons. The summed E-state index contributed by atoms with van der Waals surface area (Å²) in [5.74, 6) is 0. The Hall–Kier alpha value is -1.29. The lowest BCUT2D eigenvalue weighted by Crippen LogP contribution is -2.13. The fourth-order valence-corrected chi connectivity index (χ4v) is 1.64. The number of nitro groups is 1. The summed E-state index contributed by atoms with van der Waals surface area (Å²) in [4.78, 5) is 10.4. The lowest BCUT2D eigenvalue weighted by molar-refractivity contribution is -0.383. The molecule has 1 aromatic carbocycles. The van der Waals surface area contributed by atoms with Gasteiger partial charge in [-0.05, 0) is 17.9 Å². The van der Waals surface area contributed by atoms with Crippen LogP contribution in [0.3, 0.4) is 0 Å². The van der Waals surface area contributed by atoms with E-state index in [-0.39, 0.29) is 11.1 Å². The van der Waals surface area contributed by atoms with E-state index in [9.17, 15) is 10.1 Å². The summed E-state index contributed by atoms with van der Waals surface area (Å²) in [7, 11) is 0. The van der Waals surface area contributed by atoms with E-state index >= 15 is 0 Å². The van der Waals surface area contributed by atoms with Crippen LogP contribution in [0.15, 0.2) is 18.2 Å². The Balaban J connectivity index is 2.79. The maximum Gasteiger partial charge on any atom is 0.293 e. The van der Waals surface area contributed by atoms with Gasteiger partial charge in [0.25, 0.3) is 5.69 Å². The lowest BCUT2D eigenvalue weighted by Gasteiger charge is -2.18. The Kier molecular flexibility index (Phi) is 4.34. The highest BCUT2D eigenvalue weighted by Crippen LogP contribution is 2.32. The molecule has 4 nitrogen and oxygen atoms in total. The van der Waals surface area contributed by atoms with E-state index in [0.717, 1.165) is 6.42 Å². The molecule has 0 aliphatic heterocycles. The predicted molar refractivity (Wildman–Crippen MR) is 70.7 cm³/mol. The van der Waals surface area contributed by atoms with Crippen LogP contribution in [0.2, 0.25) is 5.02 Å². The molecule has 0 bridgehead atoms. The van der Waals surface area contributed by atoms with Crippen LogP contribution in [0, 0.1) is 15.5 Å². The van der Waals surface area contributed by atoms with Crippen LogP contribution in [0.4, 0.5) is 11.4 Å². The molecule has 0 saturated heterocycles. The van der Waals surface area contributed by atoms with Crippen LogP contribution >= 0.6 is 11.6 Å². The van der Waals surface area contributed by atoms with Gasteiger partial charge >= 0.3 is 0 Å². The molecule has 0 aliphatic rings. The van der Waals surface area contributed by atoms with Crippen molar-refractivity contribution in [1.82, 2.24) is 0 Å². The summed E-state index contributed by atoms with van der Waals surface area (Å²) in [5.41, 5.74) is 0.609. The second kappa shape index (κ2) is 5.36. The standard InChI is InChI=1S/C12H17ClN2O2/c1-12(2,3)7-8-14-11-9(13)5-4-6-10(11)15(16)17/h4-6,14H,7-8H2,1-3H3. The highest BCUT2D eigenvalue weighted by molar-refractivity contribution is 6.33. The first kappa shape index (κ1) is 13.8. The van der Waals surface area contributed by atoms with Gasteiger partial charge in [0.1, 0.15) is 5.69 Å². The van der Waals surface area contributed by atoms with Gasteiger partial charge in [0.2, 0.25) is 0 Å². The van der Waals surface area contributed by atoms with Crippen molar-refractivity contribution in [2.45, 2.75) is 27.2 Å². The third kappa shape index (κ3) is 4.23. The summed E-state index contributed by atoms with van der Waals surface area (Å²) in [5, 5.41) is 14.3. The van der Waals surface area contributed by atoms with Gasteiger partial charge in [0.05, 0.1) is 9.95 Å². The van der Waals surface area contributed by atoms with Crippen molar-refractivity contribution in [2.24, 2.45) is 5.41 Å². The Labute approximate surface area is 106 Å². The van der Waals surface area contributed by atoms with Crippen LogP contribution in [0.5, 0.6) is 0 Å². The molecule has 0 spiro atoms. The van der Waals surface area contributed by atoms with Gasteiger partial charge in [-0.2, -0.15) is 0 Å². The minimum atomic E-state index is -0.425. The number of para-hydroxylation sites is 1. The molecule has 0 aromatic heterocycles. The number of hydrogen-bond acceptors (Lipinski definition) is 3. The fourth-order valence-electron chi connectivity index (χ4n) is 1.40. The summed E-state index contributed by atoms with van der Waals surface area (Å²) < 4.78 is 0. The molecule has 0 heterocycles. The Bertz CT molecular complexity index is 413. The van der Waals surface area contributed by atoms with Gasteiger partial charge in [-0.3, -0.25) is 10.1 Å². The van der Waals surface area contributed by atoms with Crippen molar-refractivity contribution in [3.63, 3.8) is 0 Å². The quantitative estimate of drug-likeness (QED) is 0.652. The van der Waals surface area contributed by atoms with Crippen LogP contribution in [0.1, 0.15) is 27.2 Å². The molecule has 0 aliphatic carbocycles. The molecule has 0 amide bonds. The van der Waals surface area contributed by atoms with Crippen LogP contribution in [-0.2, 0) is 0 Å². The summed E-state index contributed by atoms with van der Waals surface area (Å²) in [6, 6.07) is 4.68. The van der Waals surface area contributed by atoms with Gasteiger partial charge in [-0.15, -0.1) is 0 Å². The van der Waals surface area contributed by atoms with Gasteiger partial charge in [-0.1, -0.05) is 38.4 Å². The Morgan fingerprint density at radius 1 is 1.41 bits per heavy atom. The molecular formula is C12H17ClN2O2. The minimum absolute atomic E-state index is 0.0198. The summed E-state index contributed by atoms with van der Waals surface area (Å²) in [6.07, 6.45) is 0.912. The second-order valence-corrected chi connectivity index (χ2v) is 5.54. The third-order valence-corrected chi connectivity index (χ3v) is 2.68. The van der Waals surface area contributed by atoms with Gasteiger partial charge in [0, 0.05) is 12.6 Å². The van der Waals surface area contributed by atoms with Crippen LogP contribution in [-0.4, -0.2) is 11.5 Å².